The number of rotatable bonds is 2. The van der Waals surface area contributed by atoms with E-state index >= 15 is 0 Å². The average molecular weight is 264 g/mol. The van der Waals surface area contributed by atoms with Crippen molar-refractivity contribution in [2.75, 3.05) is 0 Å². The van der Waals surface area contributed by atoms with Crippen LogP contribution in [0.5, 0.6) is 0 Å². The second-order valence-electron chi connectivity index (χ2n) is 5.06. The van der Waals surface area contributed by atoms with Gasteiger partial charge >= 0.3 is 0 Å². The van der Waals surface area contributed by atoms with Gasteiger partial charge in [0.2, 0.25) is 9.05 Å². The normalized spacial score (nSPS) is 19.4. The third-order valence-corrected chi connectivity index (χ3v) is 3.89. The van der Waals surface area contributed by atoms with Crippen LogP contribution in [0, 0.1) is 5.41 Å². The van der Waals surface area contributed by atoms with Crippen molar-refractivity contribution >= 4 is 19.7 Å². The largest absolute Gasteiger partial charge is 0.361 e. The highest BCUT2D eigenvalue weighted by Gasteiger charge is 2.31. The van der Waals surface area contributed by atoms with Gasteiger partial charge in [-0.2, -0.15) is 0 Å². The van der Waals surface area contributed by atoms with Crippen molar-refractivity contribution in [3.05, 3.63) is 17.0 Å². The maximum Gasteiger partial charge on any atom is 0.238 e. The quantitative estimate of drug-likeness (QED) is 0.768. The summed E-state index contributed by atoms with van der Waals surface area (Å²) in [6.07, 6.45) is 2.65. The molecule has 1 aliphatic rings. The second-order valence-corrected chi connectivity index (χ2v) is 7.83. The first-order chi connectivity index (χ1) is 7.27. The first-order valence-corrected chi connectivity index (χ1v) is 7.63. The molecule has 1 heterocycles. The van der Waals surface area contributed by atoms with Crippen molar-refractivity contribution in [1.29, 1.82) is 0 Å². The fraction of sp³-hybridized carbons (Fsp3) is 0.700. The summed E-state index contributed by atoms with van der Waals surface area (Å²) >= 11 is 0. The van der Waals surface area contributed by atoms with Gasteiger partial charge in [-0.1, -0.05) is 19.0 Å². The molecule has 0 atom stereocenters. The molecule has 0 fully saturated rings. The van der Waals surface area contributed by atoms with Crippen LogP contribution >= 0.6 is 10.7 Å². The van der Waals surface area contributed by atoms with E-state index in [1.807, 2.05) is 0 Å². The Hall–Kier alpha value is -0.550. The highest BCUT2D eigenvalue weighted by molar-refractivity contribution is 8.13. The van der Waals surface area contributed by atoms with E-state index in [1.165, 1.54) is 0 Å². The number of hydrogen-bond donors (Lipinski definition) is 0. The van der Waals surface area contributed by atoms with Gasteiger partial charge in [0.25, 0.3) is 0 Å². The Bertz CT molecular complexity index is 504. The summed E-state index contributed by atoms with van der Waals surface area (Å²) < 4.78 is 27.2. The van der Waals surface area contributed by atoms with Crippen LogP contribution < -0.4 is 0 Å². The molecule has 16 heavy (non-hydrogen) atoms. The summed E-state index contributed by atoms with van der Waals surface area (Å²) in [5, 5.41) is 3.81. The first kappa shape index (κ1) is 11.9. The molecule has 2 rings (SSSR count). The van der Waals surface area contributed by atoms with Crippen LogP contribution in [0.25, 0.3) is 0 Å². The van der Waals surface area contributed by atoms with E-state index in [1.54, 1.807) is 0 Å². The predicted molar refractivity (Wildman–Crippen MR) is 60.8 cm³/mol. The number of aromatic nitrogens is 1. The average Bonchev–Trinajstić information content (AvgIpc) is 2.44. The van der Waals surface area contributed by atoms with E-state index < -0.39 is 9.05 Å². The lowest BCUT2D eigenvalue weighted by Crippen LogP contribution is -2.22. The van der Waals surface area contributed by atoms with Gasteiger partial charge in [-0.3, -0.25) is 0 Å². The molecular formula is C10H14ClNO3S. The lowest BCUT2D eigenvalue weighted by Gasteiger charge is -2.28. The summed E-state index contributed by atoms with van der Waals surface area (Å²) in [5.41, 5.74) is 1.57. The summed E-state index contributed by atoms with van der Waals surface area (Å²) in [6.45, 7) is 4.31. The molecule has 0 aliphatic heterocycles. The Morgan fingerprint density at radius 2 is 2.19 bits per heavy atom. The smallest absolute Gasteiger partial charge is 0.238 e. The third-order valence-electron chi connectivity index (χ3n) is 2.94. The summed E-state index contributed by atoms with van der Waals surface area (Å²) in [4.78, 5) is 0. The van der Waals surface area contributed by atoms with E-state index in [9.17, 15) is 8.42 Å². The van der Waals surface area contributed by atoms with Crippen LogP contribution in [0.2, 0.25) is 0 Å². The Morgan fingerprint density at radius 3 is 2.81 bits per heavy atom. The van der Waals surface area contributed by atoms with Gasteiger partial charge < -0.3 is 4.52 Å². The minimum absolute atomic E-state index is 0.170. The Labute approximate surface area is 99.4 Å². The lowest BCUT2D eigenvalue weighted by molar-refractivity contribution is 0.282. The van der Waals surface area contributed by atoms with Gasteiger partial charge in [-0.05, 0) is 18.3 Å². The minimum Gasteiger partial charge on any atom is -0.361 e. The van der Waals surface area contributed by atoms with Gasteiger partial charge in [0, 0.05) is 22.7 Å². The van der Waals surface area contributed by atoms with Crippen LogP contribution in [0.1, 0.15) is 37.3 Å². The van der Waals surface area contributed by atoms with Gasteiger partial charge in [-0.25, -0.2) is 8.42 Å². The fourth-order valence-electron chi connectivity index (χ4n) is 2.07. The topological polar surface area (TPSA) is 60.2 Å². The van der Waals surface area contributed by atoms with Crippen molar-refractivity contribution < 1.29 is 12.9 Å². The van der Waals surface area contributed by atoms with Crippen molar-refractivity contribution in [3.8, 4) is 0 Å². The van der Waals surface area contributed by atoms with E-state index in [4.69, 9.17) is 15.2 Å². The predicted octanol–water partition coefficient (Wildman–Crippen LogP) is 2.26. The maximum atomic E-state index is 11.0. The zero-order chi connectivity index (χ0) is 12.0. The van der Waals surface area contributed by atoms with Crippen LogP contribution in [0.4, 0.5) is 0 Å². The SMILES string of the molecule is CC1(C)CCc2onc(CS(=O)(=O)Cl)c2C1. The van der Waals surface area contributed by atoms with Gasteiger partial charge in [0.15, 0.2) is 0 Å². The number of hydrogen-bond acceptors (Lipinski definition) is 4. The number of nitrogens with zero attached hydrogens (tertiary/aromatic N) is 1. The molecule has 0 amide bonds. The maximum absolute atomic E-state index is 11.0. The lowest BCUT2D eigenvalue weighted by atomic mass is 9.76. The first-order valence-electron chi connectivity index (χ1n) is 5.15. The standard InChI is InChI=1S/C10H14ClNO3S/c1-10(2)4-3-9-7(5-10)8(12-15-9)6-16(11,13)14/h3-6H2,1-2H3. The summed E-state index contributed by atoms with van der Waals surface area (Å²) in [5.74, 6) is 0.568. The molecule has 1 aromatic heterocycles. The minimum atomic E-state index is -3.57. The van der Waals surface area contributed by atoms with Crippen molar-refractivity contribution in [3.63, 3.8) is 0 Å². The number of fused-ring (bicyclic) bond motifs is 1. The molecule has 0 spiro atoms. The highest BCUT2D eigenvalue weighted by Crippen LogP contribution is 2.36. The zero-order valence-electron chi connectivity index (χ0n) is 9.29. The molecular weight excluding hydrogens is 250 g/mol. The van der Waals surface area contributed by atoms with E-state index in [0.717, 1.165) is 30.6 Å². The second kappa shape index (κ2) is 3.74. The molecule has 0 unspecified atom stereocenters. The molecule has 4 nitrogen and oxygen atoms in total. The highest BCUT2D eigenvalue weighted by atomic mass is 35.7. The van der Waals surface area contributed by atoms with Crippen LogP contribution in [0.3, 0.4) is 0 Å². The molecule has 1 aliphatic carbocycles. The molecule has 0 aromatic carbocycles. The van der Waals surface area contributed by atoms with E-state index in [0.29, 0.717) is 5.69 Å². The molecule has 90 valence electrons. The Kier molecular flexibility index (Phi) is 2.78. The van der Waals surface area contributed by atoms with Crippen LogP contribution in [-0.2, 0) is 27.6 Å². The summed E-state index contributed by atoms with van der Waals surface area (Å²) in [6, 6.07) is 0. The van der Waals surface area contributed by atoms with Crippen molar-refractivity contribution in [2.24, 2.45) is 5.41 Å². The Morgan fingerprint density at radius 1 is 1.50 bits per heavy atom. The molecule has 0 bridgehead atoms. The van der Waals surface area contributed by atoms with Crippen molar-refractivity contribution in [2.45, 2.75) is 38.9 Å². The van der Waals surface area contributed by atoms with E-state index in [2.05, 4.69) is 19.0 Å². The van der Waals surface area contributed by atoms with Gasteiger partial charge in [0.1, 0.15) is 17.2 Å². The summed E-state index contributed by atoms with van der Waals surface area (Å²) in [7, 11) is 1.66. The molecule has 0 N–H and O–H groups in total. The number of halogens is 1. The molecule has 0 saturated heterocycles. The third kappa shape index (κ3) is 2.58. The van der Waals surface area contributed by atoms with Crippen LogP contribution in [-0.4, -0.2) is 13.6 Å². The van der Waals surface area contributed by atoms with Crippen molar-refractivity contribution in [1.82, 2.24) is 5.16 Å². The molecule has 0 saturated carbocycles. The Balaban J connectivity index is 2.34. The molecule has 1 aromatic rings. The van der Waals surface area contributed by atoms with Crippen LogP contribution in [0.15, 0.2) is 4.52 Å². The molecule has 6 heteroatoms. The monoisotopic (exact) mass is 263 g/mol. The van der Waals surface area contributed by atoms with Gasteiger partial charge in [0.05, 0.1) is 0 Å². The van der Waals surface area contributed by atoms with E-state index in [-0.39, 0.29) is 11.2 Å². The zero-order valence-corrected chi connectivity index (χ0v) is 10.9. The number of aryl methyl sites for hydroxylation is 1. The molecule has 0 radical (unpaired) electrons. The fourth-order valence-corrected chi connectivity index (χ4v) is 2.94. The van der Waals surface area contributed by atoms with Gasteiger partial charge in [-0.15, -0.1) is 0 Å².